The van der Waals surface area contributed by atoms with Crippen LogP contribution in [0.4, 0.5) is 46.0 Å². The number of carboxylic acid groups (broad SMARTS) is 1. The standard InChI is InChI=1S/C26H30FNO3.2C24H29FN2O2.C23H27N3O3.C19H16FNO4/c1-26(2)21-13-16(4-3-15-5-9-18(29)10-6-15)7-11-19(21)24(31-26)23-20-14-17(27)8-12-22(20)28-25(23)30;1-5-27(4)12-6-7-15-8-10-17-19(13-15)24(2,3)29-22(17)21-18-14-16(25)9-11-20(18)26-23(21)28;1-4-27(5-2)12-6-7-16-8-10-18-19(13-16)15(3)29-23(18)22-20-14-17(25)9-11-21(20)26-24(22)28;1-3-26(4-2)12-11-24-22(27)15-9-10-17-16(13-15)14-29-21(17)20-18-7-5-6-8-19(18)25-23(20)28;20-12-3-5-15-14(8-12)17(19(24)21-15)18-13-4-1-10(2-6-16(22)23)7-11(13)9-25-18/h7-8,11-15,18,23-24,29H,3-6,9-10H2,1-2H3,(H,28,30);8-11,13-14,21-22H,5-7,12H2,1-4H3,(H,26,28);8-11,13-15,22-23H,4-7,12H2,1-3H3,(H,26,28);5-10,13,20-21H,3-4,11-12,14H2,1-2H3,(H,24,27)(H,25,28);1,3-5,7-8,17-18H,2,6,9H2,(H,21,24)(H,22,23)/p+3. The predicted octanol–water partition coefficient (Wildman–Crippen LogP) is 17.0. The number of carbonyl (C=O) groups is 7. The molecule has 12 atom stereocenters. The summed E-state index contributed by atoms with van der Waals surface area (Å²) in [5, 5.41) is 35.9. The molecule has 0 aromatic heterocycles. The van der Waals surface area contributed by atoms with Gasteiger partial charge >= 0.3 is 5.97 Å². The van der Waals surface area contributed by atoms with Gasteiger partial charge in [-0.05, 0) is 330 Å². The van der Waals surface area contributed by atoms with Gasteiger partial charge in [0, 0.05) is 53.3 Å². The molecule has 12 unspecified atom stereocenters. The van der Waals surface area contributed by atoms with E-state index in [1.165, 1.54) is 94.7 Å². The number of aryl methyl sites for hydroxylation is 4. The minimum Gasteiger partial charge on any atom is -0.481 e. The molecule has 1 fully saturated rings. The molecule has 752 valence electrons. The van der Waals surface area contributed by atoms with Gasteiger partial charge in [0.15, 0.2) is 0 Å². The van der Waals surface area contributed by atoms with Crippen molar-refractivity contribution in [3.8, 4) is 0 Å². The van der Waals surface area contributed by atoms with Crippen LogP contribution in [0.5, 0.6) is 0 Å². The Morgan fingerprint density at radius 3 is 1.30 bits per heavy atom. The van der Waals surface area contributed by atoms with Crippen molar-refractivity contribution in [2.75, 3.05) is 92.5 Å². The molecule has 10 aromatic rings. The number of hydrogen-bond acceptors (Lipinski definition) is 13. The van der Waals surface area contributed by atoms with E-state index in [-0.39, 0.29) is 95.5 Å². The lowest BCUT2D eigenvalue weighted by Gasteiger charge is -2.25. The van der Waals surface area contributed by atoms with E-state index in [0.717, 1.165) is 169 Å². The first kappa shape index (κ1) is 102. The van der Waals surface area contributed by atoms with Crippen LogP contribution in [0.15, 0.2) is 188 Å². The third-order valence-electron chi connectivity index (χ3n) is 30.9. The molecule has 11 N–H and O–H groups in total. The number of hydrogen-bond donors (Lipinski definition) is 11. The summed E-state index contributed by atoms with van der Waals surface area (Å²) < 4.78 is 86.1. The number of amides is 6. The SMILES string of the molecule is CC1(C)OC(C2C(=O)Nc3ccc(F)cc32)c2ccc(CCC3CCC(O)CC3)cc21.CC[NH+](C)CCCc1ccc2c(c1)C(C)(C)OC2C1C(=O)Nc2ccc(F)cc21.CC[NH+](CC)CCCc1ccc2c(c1)C(C)OC2C1C(=O)Nc2ccc(F)cc21.CC[NH+](CC)CCNC(=O)c1ccc2c(c1)COC2C1C(=O)Nc2ccccc21.O=C(O)CCc1ccc2c(c1)COC2C1C(=O)Nc2ccc(F)cc21. The van der Waals surface area contributed by atoms with Crippen LogP contribution in [0.2, 0.25) is 0 Å². The Bertz CT molecular complexity index is 6430. The normalized spacial score (nSPS) is 23.1. The summed E-state index contributed by atoms with van der Waals surface area (Å²) in [5.41, 5.74) is 21.9. The second kappa shape index (κ2) is 44.2. The summed E-state index contributed by atoms with van der Waals surface area (Å²) in [4.78, 5) is 91.0. The van der Waals surface area contributed by atoms with E-state index in [1.807, 2.05) is 95.3 Å². The number of anilines is 5. The van der Waals surface area contributed by atoms with Crippen LogP contribution in [-0.4, -0.2) is 124 Å². The maximum absolute atomic E-state index is 13.9. The maximum Gasteiger partial charge on any atom is 0.303 e. The number of quaternary nitrogens is 3. The number of ether oxygens (including phenoxy) is 5. The number of aliphatic carboxylic acids is 1. The Morgan fingerprint density at radius 2 is 0.818 bits per heavy atom. The van der Waals surface area contributed by atoms with Crippen molar-refractivity contribution in [1.29, 1.82) is 0 Å². The van der Waals surface area contributed by atoms with Gasteiger partial charge in [0.25, 0.3) is 5.91 Å². The van der Waals surface area contributed by atoms with E-state index in [2.05, 4.69) is 128 Å². The van der Waals surface area contributed by atoms with Crippen LogP contribution in [0.25, 0.3) is 0 Å². The first-order valence-electron chi connectivity index (χ1n) is 51.1. The van der Waals surface area contributed by atoms with E-state index in [4.69, 9.17) is 28.8 Å². The smallest absolute Gasteiger partial charge is 0.303 e. The zero-order valence-electron chi connectivity index (χ0n) is 83.5. The minimum absolute atomic E-state index is 0.0372. The molecule has 1 saturated carbocycles. The van der Waals surface area contributed by atoms with Gasteiger partial charge in [-0.3, -0.25) is 33.6 Å². The van der Waals surface area contributed by atoms with Crippen molar-refractivity contribution < 1.29 is 99.7 Å². The largest absolute Gasteiger partial charge is 0.481 e. The fraction of sp³-hybridized carbons (Fsp3) is 0.422. The van der Waals surface area contributed by atoms with Gasteiger partial charge in [0.05, 0.1) is 163 Å². The molecule has 27 heteroatoms. The number of carboxylic acids is 1. The Kier molecular flexibility index (Phi) is 31.6. The summed E-state index contributed by atoms with van der Waals surface area (Å²) >= 11 is 0. The zero-order valence-corrected chi connectivity index (χ0v) is 83.5. The predicted molar refractivity (Wildman–Crippen MR) is 539 cm³/mol. The van der Waals surface area contributed by atoms with Crippen LogP contribution in [0, 0.1) is 29.2 Å². The van der Waals surface area contributed by atoms with Crippen molar-refractivity contribution in [3.63, 3.8) is 0 Å². The molecule has 11 aliphatic rings. The highest BCUT2D eigenvalue weighted by Crippen LogP contribution is 2.57. The van der Waals surface area contributed by atoms with E-state index in [9.17, 15) is 56.2 Å². The fourth-order valence-corrected chi connectivity index (χ4v) is 22.7. The Labute approximate surface area is 834 Å². The maximum atomic E-state index is 13.9. The Hall–Kier alpha value is -12.2. The molecule has 10 heterocycles. The molecule has 0 saturated heterocycles. The van der Waals surface area contributed by atoms with E-state index in [0.29, 0.717) is 82.7 Å². The van der Waals surface area contributed by atoms with Crippen molar-refractivity contribution in [1.82, 2.24) is 5.32 Å². The highest BCUT2D eigenvalue weighted by atomic mass is 19.1. The summed E-state index contributed by atoms with van der Waals surface area (Å²) in [5.74, 6) is -4.79. The molecule has 23 nitrogen and oxygen atoms in total. The van der Waals surface area contributed by atoms with Gasteiger partial charge in [-0.15, -0.1) is 0 Å². The first-order chi connectivity index (χ1) is 68.8. The van der Waals surface area contributed by atoms with Crippen molar-refractivity contribution in [2.45, 2.75) is 243 Å². The number of aliphatic hydroxyl groups is 1. The lowest BCUT2D eigenvalue weighted by atomic mass is 9.83. The molecule has 10 aliphatic heterocycles. The monoisotopic (exact) mass is 1950 g/mol. The first-order valence-corrected chi connectivity index (χ1v) is 51.1. The fourth-order valence-electron chi connectivity index (χ4n) is 22.7. The van der Waals surface area contributed by atoms with Crippen LogP contribution < -0.4 is 46.6 Å². The lowest BCUT2D eigenvalue weighted by Crippen LogP contribution is -3.12. The highest BCUT2D eigenvalue weighted by Gasteiger charge is 2.52. The van der Waals surface area contributed by atoms with Crippen molar-refractivity contribution >= 4 is 69.8 Å². The van der Waals surface area contributed by atoms with E-state index >= 15 is 0 Å². The molecule has 0 radical (unpaired) electrons. The highest BCUT2D eigenvalue weighted by molar-refractivity contribution is 6.07. The molecule has 0 spiro atoms. The quantitative estimate of drug-likeness (QED) is 0.0203. The second-order valence-electron chi connectivity index (χ2n) is 40.9. The third-order valence-corrected chi connectivity index (χ3v) is 30.9. The van der Waals surface area contributed by atoms with Crippen molar-refractivity contribution in [2.24, 2.45) is 5.92 Å². The average molecular weight is 1950 g/mol. The van der Waals surface area contributed by atoms with E-state index in [1.54, 1.807) is 29.2 Å². The number of benzene rings is 10. The number of halogens is 4. The number of para-hydroxylation sites is 1. The van der Waals surface area contributed by atoms with Gasteiger partial charge < -0.3 is 80.5 Å². The van der Waals surface area contributed by atoms with Crippen LogP contribution in [-0.2, 0) is 103 Å². The summed E-state index contributed by atoms with van der Waals surface area (Å²) in [6.45, 7) is 31.4. The van der Waals surface area contributed by atoms with Gasteiger partial charge in [0.2, 0.25) is 29.5 Å². The van der Waals surface area contributed by atoms with Gasteiger partial charge in [0.1, 0.15) is 23.3 Å². The van der Waals surface area contributed by atoms with Crippen LogP contribution >= 0.6 is 0 Å². The number of likely N-dealkylation sites (N-methyl/N-ethyl adjacent to an activating group) is 1. The lowest BCUT2D eigenvalue weighted by molar-refractivity contribution is -0.896. The molecular formula is C116H134F4N9O14+3. The Morgan fingerprint density at radius 1 is 0.413 bits per heavy atom. The molecular weight excluding hydrogens is 1820 g/mol. The minimum atomic E-state index is -0.837. The molecule has 6 amide bonds. The number of carbonyl (C=O) groups excluding carboxylic acids is 6. The average Bonchev–Trinajstić information content (AvgIpc) is 1.59. The number of rotatable bonds is 28. The number of fused-ring (bicyclic) bond motifs is 10. The molecule has 1 aliphatic carbocycles. The second-order valence-corrected chi connectivity index (χ2v) is 40.9. The zero-order chi connectivity index (χ0) is 101. The molecule has 10 aromatic carbocycles. The Balaban J connectivity index is 0.000000123. The molecule has 0 bridgehead atoms. The third kappa shape index (κ3) is 22.4. The molecule has 143 heavy (non-hydrogen) atoms. The summed E-state index contributed by atoms with van der Waals surface area (Å²) in [7, 11) is 2.22. The van der Waals surface area contributed by atoms with E-state index < -0.39 is 59.2 Å². The van der Waals surface area contributed by atoms with Crippen LogP contribution in [0.1, 0.15) is 303 Å². The van der Waals surface area contributed by atoms with Gasteiger partial charge in [-0.2, -0.15) is 0 Å². The van der Waals surface area contributed by atoms with Crippen LogP contribution in [0.3, 0.4) is 0 Å². The number of nitrogens with one attached hydrogen (secondary N) is 9. The van der Waals surface area contributed by atoms with Gasteiger partial charge in [-0.1, -0.05) is 97.1 Å². The number of aliphatic hydroxyl groups excluding tert-OH is 1. The summed E-state index contributed by atoms with van der Waals surface area (Å²) in [6, 6.07) is 56.1. The summed E-state index contributed by atoms with van der Waals surface area (Å²) in [6.07, 6.45) is 8.90. The topological polar surface area (TPSA) is 292 Å². The molecule has 21 rings (SSSR count). The van der Waals surface area contributed by atoms with Crippen molar-refractivity contribution in [3.05, 3.63) is 323 Å². The van der Waals surface area contributed by atoms with Gasteiger partial charge in [-0.25, -0.2) is 17.6 Å².